The minimum Gasteiger partial charge on any atom is -0.378 e. The molecule has 3 nitrogen and oxygen atoms in total. The Hall–Kier alpha value is -1.51. The molecule has 0 atom stereocenters. The molecule has 5 heteroatoms. The molecule has 2 rings (SSSR count). The average molecular weight is 266 g/mol. The summed E-state index contributed by atoms with van der Waals surface area (Å²) in [5, 5.41) is 9.09. The monoisotopic (exact) mass is 266 g/mol. The van der Waals surface area contributed by atoms with Crippen LogP contribution < -0.4 is 0 Å². The van der Waals surface area contributed by atoms with Crippen LogP contribution in [0.1, 0.15) is 5.56 Å². The molecular weight excluding hydrogens is 250 g/mol. The highest BCUT2D eigenvalue weighted by molar-refractivity contribution is 5.18. The van der Waals surface area contributed by atoms with Crippen LogP contribution >= 0.6 is 0 Å². The van der Waals surface area contributed by atoms with Crippen molar-refractivity contribution in [3.63, 3.8) is 0 Å². The van der Waals surface area contributed by atoms with Crippen molar-refractivity contribution in [2.24, 2.45) is 5.41 Å². The predicted molar refractivity (Wildman–Crippen MR) is 66.4 cm³/mol. The maximum Gasteiger partial charge on any atom is 0.159 e. The summed E-state index contributed by atoms with van der Waals surface area (Å²) in [6.07, 6.45) is 0.621. The highest BCUT2D eigenvalue weighted by Crippen LogP contribution is 2.27. The van der Waals surface area contributed by atoms with E-state index in [1.54, 1.807) is 6.07 Å². The fraction of sp³-hybridized carbons (Fsp3) is 0.500. The second-order valence-corrected chi connectivity index (χ2v) is 5.12. The van der Waals surface area contributed by atoms with Crippen LogP contribution in [-0.4, -0.2) is 38.3 Å². The summed E-state index contributed by atoms with van der Waals surface area (Å²) in [6.45, 7) is 2.26. The SMILES string of the molecule is CN(CCc1ccc(F)c(F)c1)CC1(C#N)COC1. The number of benzene rings is 1. The Balaban J connectivity index is 1.85. The van der Waals surface area contributed by atoms with Crippen molar-refractivity contribution in [3.05, 3.63) is 35.4 Å². The van der Waals surface area contributed by atoms with Gasteiger partial charge in [0.1, 0.15) is 5.41 Å². The molecule has 0 bridgehead atoms. The molecule has 0 saturated carbocycles. The molecule has 19 heavy (non-hydrogen) atoms. The molecule has 0 amide bonds. The van der Waals surface area contributed by atoms with Crippen molar-refractivity contribution in [2.45, 2.75) is 6.42 Å². The van der Waals surface area contributed by atoms with Gasteiger partial charge in [-0.2, -0.15) is 5.26 Å². The first-order chi connectivity index (χ1) is 9.04. The molecule has 102 valence electrons. The molecule has 0 spiro atoms. The van der Waals surface area contributed by atoms with Crippen molar-refractivity contribution in [1.29, 1.82) is 5.26 Å². The van der Waals surface area contributed by atoms with E-state index in [0.29, 0.717) is 32.7 Å². The van der Waals surface area contributed by atoms with E-state index in [4.69, 9.17) is 10.00 Å². The third-order valence-corrected chi connectivity index (χ3v) is 3.33. The van der Waals surface area contributed by atoms with Crippen LogP contribution in [0.15, 0.2) is 18.2 Å². The van der Waals surface area contributed by atoms with Gasteiger partial charge in [0, 0.05) is 13.1 Å². The lowest BCUT2D eigenvalue weighted by Crippen LogP contribution is -2.49. The van der Waals surface area contributed by atoms with Crippen molar-refractivity contribution >= 4 is 0 Å². The van der Waals surface area contributed by atoms with Gasteiger partial charge in [-0.15, -0.1) is 0 Å². The molecule has 1 aliphatic rings. The first kappa shape index (κ1) is 13.9. The van der Waals surface area contributed by atoms with E-state index in [2.05, 4.69) is 6.07 Å². The first-order valence-electron chi connectivity index (χ1n) is 6.16. The van der Waals surface area contributed by atoms with Crippen LogP contribution in [0.3, 0.4) is 0 Å². The van der Waals surface area contributed by atoms with E-state index in [1.807, 2.05) is 11.9 Å². The van der Waals surface area contributed by atoms with Crippen LogP contribution in [0, 0.1) is 28.4 Å². The van der Waals surface area contributed by atoms with Crippen molar-refractivity contribution < 1.29 is 13.5 Å². The number of hydrogen-bond acceptors (Lipinski definition) is 3. The molecule has 1 aromatic carbocycles. The number of nitrogens with zero attached hydrogens (tertiary/aromatic N) is 2. The van der Waals surface area contributed by atoms with Crippen LogP contribution in [0.2, 0.25) is 0 Å². The van der Waals surface area contributed by atoms with Gasteiger partial charge in [-0.25, -0.2) is 8.78 Å². The van der Waals surface area contributed by atoms with Gasteiger partial charge in [0.15, 0.2) is 11.6 Å². The van der Waals surface area contributed by atoms with E-state index < -0.39 is 17.0 Å². The second kappa shape index (κ2) is 5.64. The molecule has 1 aliphatic heterocycles. The number of ether oxygens (including phenoxy) is 1. The summed E-state index contributed by atoms with van der Waals surface area (Å²) in [6, 6.07) is 6.22. The van der Waals surface area contributed by atoms with Gasteiger partial charge < -0.3 is 9.64 Å². The van der Waals surface area contributed by atoms with E-state index in [9.17, 15) is 8.78 Å². The summed E-state index contributed by atoms with van der Waals surface area (Å²) < 4.78 is 30.9. The third kappa shape index (κ3) is 3.28. The minimum absolute atomic E-state index is 0.400. The Morgan fingerprint density at radius 2 is 2.11 bits per heavy atom. The average Bonchev–Trinajstić information content (AvgIpc) is 2.35. The van der Waals surface area contributed by atoms with Crippen LogP contribution in [-0.2, 0) is 11.2 Å². The van der Waals surface area contributed by atoms with Crippen LogP contribution in [0.4, 0.5) is 8.78 Å². The third-order valence-electron chi connectivity index (χ3n) is 3.33. The Morgan fingerprint density at radius 1 is 1.37 bits per heavy atom. The fourth-order valence-electron chi connectivity index (χ4n) is 2.15. The quantitative estimate of drug-likeness (QED) is 0.817. The zero-order valence-corrected chi connectivity index (χ0v) is 10.8. The second-order valence-electron chi connectivity index (χ2n) is 5.12. The van der Waals surface area contributed by atoms with E-state index in [1.165, 1.54) is 6.07 Å². The Morgan fingerprint density at radius 3 is 2.63 bits per heavy atom. The molecule has 1 fully saturated rings. The molecule has 1 aromatic rings. The molecule has 0 aliphatic carbocycles. The lowest BCUT2D eigenvalue weighted by molar-refractivity contribution is -0.0886. The van der Waals surface area contributed by atoms with Crippen molar-refractivity contribution in [1.82, 2.24) is 4.90 Å². The van der Waals surface area contributed by atoms with Crippen molar-refractivity contribution in [2.75, 3.05) is 33.4 Å². The zero-order valence-electron chi connectivity index (χ0n) is 10.8. The maximum absolute atomic E-state index is 13.0. The predicted octanol–water partition coefficient (Wildman–Crippen LogP) is 1.98. The van der Waals surface area contributed by atoms with Gasteiger partial charge in [0.25, 0.3) is 0 Å². The Bertz CT molecular complexity index is 495. The summed E-state index contributed by atoms with van der Waals surface area (Å²) in [5.41, 5.74) is 0.351. The zero-order chi connectivity index (χ0) is 13.9. The molecule has 1 heterocycles. The molecule has 0 radical (unpaired) electrons. The Labute approximate surface area is 111 Å². The smallest absolute Gasteiger partial charge is 0.159 e. The largest absolute Gasteiger partial charge is 0.378 e. The van der Waals surface area contributed by atoms with E-state index >= 15 is 0 Å². The van der Waals surface area contributed by atoms with Gasteiger partial charge in [0.2, 0.25) is 0 Å². The Kier molecular flexibility index (Phi) is 4.13. The van der Waals surface area contributed by atoms with E-state index in [0.717, 1.165) is 11.6 Å². The van der Waals surface area contributed by atoms with Gasteiger partial charge in [0.05, 0.1) is 19.3 Å². The molecular formula is C14H16F2N2O. The molecule has 0 N–H and O–H groups in total. The number of halogens is 2. The summed E-state index contributed by atoms with van der Waals surface area (Å²) in [4.78, 5) is 2.02. The topological polar surface area (TPSA) is 36.3 Å². The minimum atomic E-state index is -0.827. The van der Waals surface area contributed by atoms with Crippen molar-refractivity contribution in [3.8, 4) is 6.07 Å². The number of rotatable bonds is 5. The highest BCUT2D eigenvalue weighted by atomic mass is 19.2. The van der Waals surface area contributed by atoms with Gasteiger partial charge >= 0.3 is 0 Å². The summed E-state index contributed by atoms with van der Waals surface area (Å²) in [7, 11) is 1.91. The lowest BCUT2D eigenvalue weighted by Gasteiger charge is -2.38. The van der Waals surface area contributed by atoms with Gasteiger partial charge in [-0.1, -0.05) is 6.07 Å². The van der Waals surface area contributed by atoms with Gasteiger partial charge in [-0.3, -0.25) is 0 Å². The number of likely N-dealkylation sites (N-methyl/N-ethyl adjacent to an activating group) is 1. The maximum atomic E-state index is 13.0. The number of nitriles is 1. The molecule has 0 aromatic heterocycles. The van der Waals surface area contributed by atoms with E-state index in [-0.39, 0.29) is 0 Å². The first-order valence-corrected chi connectivity index (χ1v) is 6.16. The van der Waals surface area contributed by atoms with Crippen LogP contribution in [0.25, 0.3) is 0 Å². The van der Waals surface area contributed by atoms with Crippen LogP contribution in [0.5, 0.6) is 0 Å². The summed E-state index contributed by atoms with van der Waals surface area (Å²) >= 11 is 0. The fourth-order valence-corrected chi connectivity index (χ4v) is 2.15. The molecule has 1 saturated heterocycles. The number of hydrogen-bond donors (Lipinski definition) is 0. The normalized spacial score (nSPS) is 17.0. The lowest BCUT2D eigenvalue weighted by atomic mass is 9.87. The highest BCUT2D eigenvalue weighted by Gasteiger charge is 2.39. The summed E-state index contributed by atoms with van der Waals surface area (Å²) in [5.74, 6) is -1.65. The molecule has 0 unspecified atom stereocenters. The van der Waals surface area contributed by atoms with Gasteiger partial charge in [-0.05, 0) is 31.2 Å². The standard InChI is InChI=1S/C14H16F2N2O/c1-18(8-14(7-17)9-19-10-14)5-4-11-2-3-12(15)13(16)6-11/h2-3,6H,4-5,8-10H2,1H3.